The summed E-state index contributed by atoms with van der Waals surface area (Å²) >= 11 is 3.23. The third-order valence-corrected chi connectivity index (χ3v) is 5.36. The second-order valence-electron chi connectivity index (χ2n) is 6.40. The van der Waals surface area contributed by atoms with E-state index in [0.29, 0.717) is 16.6 Å². The van der Waals surface area contributed by atoms with Crippen molar-refractivity contribution in [2.24, 2.45) is 0 Å². The van der Waals surface area contributed by atoms with Crippen molar-refractivity contribution in [1.82, 2.24) is 15.5 Å². The SMILES string of the molecule is O=C(NCCC(=O)N1CCC2CCC(C1)N2)c1cc(F)ccc1Br. The van der Waals surface area contributed by atoms with E-state index in [2.05, 4.69) is 26.6 Å². The number of rotatable bonds is 4. The Hall–Kier alpha value is -1.47. The fourth-order valence-electron chi connectivity index (χ4n) is 3.38. The molecule has 2 atom stereocenters. The van der Waals surface area contributed by atoms with Gasteiger partial charge in [0.2, 0.25) is 5.91 Å². The normalized spacial score (nSPS) is 23.0. The molecule has 0 saturated carbocycles. The molecular weight excluding hydrogens is 377 g/mol. The van der Waals surface area contributed by atoms with Gasteiger partial charge in [-0.2, -0.15) is 0 Å². The molecule has 0 aliphatic carbocycles. The van der Waals surface area contributed by atoms with Crippen LogP contribution in [-0.4, -0.2) is 48.4 Å². The second-order valence-corrected chi connectivity index (χ2v) is 7.25. The van der Waals surface area contributed by atoms with E-state index in [1.54, 1.807) is 0 Å². The van der Waals surface area contributed by atoms with Gasteiger partial charge in [0.1, 0.15) is 5.82 Å². The summed E-state index contributed by atoms with van der Waals surface area (Å²) < 4.78 is 13.8. The molecule has 2 saturated heterocycles. The average Bonchev–Trinajstić information content (AvgIpc) is 2.88. The number of carbonyl (C=O) groups excluding carboxylic acids is 2. The highest BCUT2D eigenvalue weighted by atomic mass is 79.9. The third kappa shape index (κ3) is 4.13. The maximum Gasteiger partial charge on any atom is 0.252 e. The fraction of sp³-hybridized carbons (Fsp3) is 0.529. The summed E-state index contributed by atoms with van der Waals surface area (Å²) in [7, 11) is 0. The van der Waals surface area contributed by atoms with Gasteiger partial charge >= 0.3 is 0 Å². The van der Waals surface area contributed by atoms with E-state index in [-0.39, 0.29) is 30.3 Å². The Morgan fingerprint density at radius 3 is 2.92 bits per heavy atom. The van der Waals surface area contributed by atoms with Crippen molar-refractivity contribution < 1.29 is 14.0 Å². The number of hydrogen-bond donors (Lipinski definition) is 2. The molecule has 2 N–H and O–H groups in total. The first-order valence-electron chi connectivity index (χ1n) is 8.30. The van der Waals surface area contributed by atoms with Gasteiger partial charge in [-0.25, -0.2) is 4.39 Å². The molecule has 1 aromatic rings. The number of likely N-dealkylation sites (tertiary alicyclic amines) is 1. The number of nitrogens with zero attached hydrogens (tertiary/aromatic N) is 1. The third-order valence-electron chi connectivity index (χ3n) is 4.67. The van der Waals surface area contributed by atoms with E-state index >= 15 is 0 Å². The molecule has 0 spiro atoms. The summed E-state index contributed by atoms with van der Waals surface area (Å²) in [5.74, 6) is -0.791. The number of halogens is 2. The minimum atomic E-state index is -0.466. The zero-order valence-electron chi connectivity index (χ0n) is 13.4. The number of amides is 2. The van der Waals surface area contributed by atoms with E-state index in [0.717, 1.165) is 25.9 Å². The first-order chi connectivity index (χ1) is 11.5. The lowest BCUT2D eigenvalue weighted by atomic mass is 10.1. The Kier molecular flexibility index (Phi) is 5.50. The van der Waals surface area contributed by atoms with Crippen molar-refractivity contribution >= 4 is 27.7 Å². The van der Waals surface area contributed by atoms with Crippen LogP contribution in [0.15, 0.2) is 22.7 Å². The van der Waals surface area contributed by atoms with Crippen LogP contribution in [0.5, 0.6) is 0 Å². The van der Waals surface area contributed by atoms with Crippen LogP contribution in [0.2, 0.25) is 0 Å². The molecular formula is C17H21BrFN3O2. The molecule has 3 rings (SSSR count). The molecule has 130 valence electrons. The van der Waals surface area contributed by atoms with Crippen LogP contribution in [-0.2, 0) is 4.79 Å². The van der Waals surface area contributed by atoms with E-state index in [1.165, 1.54) is 24.6 Å². The molecule has 1 aromatic carbocycles. The Balaban J connectivity index is 1.48. The van der Waals surface area contributed by atoms with Crippen molar-refractivity contribution in [3.63, 3.8) is 0 Å². The van der Waals surface area contributed by atoms with Crippen LogP contribution in [0.3, 0.4) is 0 Å². The molecule has 24 heavy (non-hydrogen) atoms. The topological polar surface area (TPSA) is 61.4 Å². The minimum Gasteiger partial charge on any atom is -0.351 e. The molecule has 5 nitrogen and oxygen atoms in total. The first-order valence-corrected chi connectivity index (χ1v) is 9.09. The predicted molar refractivity (Wildman–Crippen MR) is 92.2 cm³/mol. The molecule has 2 aliphatic rings. The number of fused-ring (bicyclic) bond motifs is 2. The lowest BCUT2D eigenvalue weighted by Crippen LogP contribution is -2.40. The van der Waals surface area contributed by atoms with E-state index in [4.69, 9.17) is 0 Å². The summed E-state index contributed by atoms with van der Waals surface area (Å²) in [6.45, 7) is 1.77. The van der Waals surface area contributed by atoms with Gasteiger partial charge in [0.25, 0.3) is 5.91 Å². The highest BCUT2D eigenvalue weighted by Crippen LogP contribution is 2.21. The van der Waals surface area contributed by atoms with Gasteiger partial charge in [0, 0.05) is 42.6 Å². The molecule has 0 aromatic heterocycles. The first kappa shape index (κ1) is 17.4. The maximum absolute atomic E-state index is 13.2. The molecule has 2 fully saturated rings. The minimum absolute atomic E-state index is 0.0583. The van der Waals surface area contributed by atoms with Gasteiger partial charge in [-0.1, -0.05) is 0 Å². The summed E-state index contributed by atoms with van der Waals surface area (Å²) in [4.78, 5) is 26.3. The smallest absolute Gasteiger partial charge is 0.252 e. The van der Waals surface area contributed by atoms with Gasteiger partial charge < -0.3 is 15.5 Å². The Labute approximate surface area is 149 Å². The van der Waals surface area contributed by atoms with Crippen LogP contribution in [0, 0.1) is 5.82 Å². The van der Waals surface area contributed by atoms with Crippen LogP contribution in [0.4, 0.5) is 4.39 Å². The summed E-state index contributed by atoms with van der Waals surface area (Å²) in [6.07, 6.45) is 3.57. The van der Waals surface area contributed by atoms with Crippen molar-refractivity contribution in [3.8, 4) is 0 Å². The van der Waals surface area contributed by atoms with Gasteiger partial charge in [-0.15, -0.1) is 0 Å². The maximum atomic E-state index is 13.2. The molecule has 2 unspecified atom stereocenters. The van der Waals surface area contributed by atoms with Crippen molar-refractivity contribution in [2.45, 2.75) is 37.8 Å². The lowest BCUT2D eigenvalue weighted by Gasteiger charge is -2.24. The predicted octanol–water partition coefficient (Wildman–Crippen LogP) is 2.06. The van der Waals surface area contributed by atoms with Crippen LogP contribution < -0.4 is 10.6 Å². The lowest BCUT2D eigenvalue weighted by molar-refractivity contribution is -0.131. The number of benzene rings is 1. The Bertz CT molecular complexity index is 640. The van der Waals surface area contributed by atoms with E-state index < -0.39 is 5.82 Å². The summed E-state index contributed by atoms with van der Waals surface area (Å²) in [5.41, 5.74) is 0.235. The zero-order chi connectivity index (χ0) is 17.1. The monoisotopic (exact) mass is 397 g/mol. The van der Waals surface area contributed by atoms with Crippen molar-refractivity contribution in [2.75, 3.05) is 19.6 Å². The fourth-order valence-corrected chi connectivity index (χ4v) is 3.80. The zero-order valence-corrected chi connectivity index (χ0v) is 14.9. The van der Waals surface area contributed by atoms with Gasteiger partial charge in [0.15, 0.2) is 0 Å². The number of nitrogens with one attached hydrogen (secondary N) is 2. The van der Waals surface area contributed by atoms with Gasteiger partial charge in [-0.05, 0) is 53.4 Å². The molecule has 2 bridgehead atoms. The largest absolute Gasteiger partial charge is 0.351 e. The summed E-state index contributed by atoms with van der Waals surface area (Å²) in [6, 6.07) is 4.90. The van der Waals surface area contributed by atoms with E-state index in [9.17, 15) is 14.0 Å². The van der Waals surface area contributed by atoms with Gasteiger partial charge in [-0.3, -0.25) is 9.59 Å². The number of hydrogen-bond acceptors (Lipinski definition) is 3. The van der Waals surface area contributed by atoms with Gasteiger partial charge in [0.05, 0.1) is 5.56 Å². The highest BCUT2D eigenvalue weighted by Gasteiger charge is 2.30. The highest BCUT2D eigenvalue weighted by molar-refractivity contribution is 9.10. The molecule has 0 radical (unpaired) electrons. The van der Waals surface area contributed by atoms with Crippen LogP contribution >= 0.6 is 15.9 Å². The average molecular weight is 398 g/mol. The van der Waals surface area contributed by atoms with Crippen LogP contribution in [0.1, 0.15) is 36.0 Å². The number of carbonyl (C=O) groups is 2. The van der Waals surface area contributed by atoms with Crippen molar-refractivity contribution in [1.29, 1.82) is 0 Å². The van der Waals surface area contributed by atoms with E-state index in [1.807, 2.05) is 4.90 Å². The molecule has 2 heterocycles. The quantitative estimate of drug-likeness (QED) is 0.817. The van der Waals surface area contributed by atoms with Crippen molar-refractivity contribution in [3.05, 3.63) is 34.1 Å². The Morgan fingerprint density at radius 1 is 1.29 bits per heavy atom. The standard InChI is InChI=1S/C17H21BrFN3O2/c18-15-4-1-11(19)9-14(15)17(24)20-7-5-16(23)22-8-6-12-2-3-13(10-22)21-12/h1,4,9,12-13,21H,2-3,5-8,10H2,(H,20,24). The van der Waals surface area contributed by atoms with Crippen LogP contribution in [0.25, 0.3) is 0 Å². The second kappa shape index (κ2) is 7.61. The molecule has 7 heteroatoms. The Morgan fingerprint density at radius 2 is 2.08 bits per heavy atom. The summed E-state index contributed by atoms with van der Waals surface area (Å²) in [5, 5.41) is 6.23. The molecule has 2 amide bonds. The molecule has 2 aliphatic heterocycles.